The number of ether oxygens (including phenoxy) is 2. The van der Waals surface area contributed by atoms with Gasteiger partial charge in [-0.05, 0) is 51.8 Å². The van der Waals surface area contributed by atoms with Gasteiger partial charge < -0.3 is 14.8 Å². The van der Waals surface area contributed by atoms with Crippen LogP contribution < -0.4 is 5.32 Å². The van der Waals surface area contributed by atoms with Crippen LogP contribution in [-0.2, 0) is 9.47 Å². The topological polar surface area (TPSA) is 47.6 Å². The van der Waals surface area contributed by atoms with Gasteiger partial charge in [-0.15, -0.1) is 11.3 Å². The van der Waals surface area contributed by atoms with Crippen LogP contribution in [0.3, 0.4) is 0 Å². The third kappa shape index (κ3) is 4.97. The molecule has 1 N–H and O–H groups in total. The van der Waals surface area contributed by atoms with E-state index in [0.29, 0.717) is 25.3 Å². The smallest absolute Gasteiger partial charge is 0.253 e. The van der Waals surface area contributed by atoms with Gasteiger partial charge in [0.25, 0.3) is 5.91 Å². The van der Waals surface area contributed by atoms with Gasteiger partial charge in [0.15, 0.2) is 6.29 Å². The molecule has 0 saturated heterocycles. The number of amides is 1. The maximum atomic E-state index is 11.9. The second kappa shape index (κ2) is 8.27. The number of hydrogen-bond acceptors (Lipinski definition) is 4. The third-order valence-electron chi connectivity index (χ3n) is 2.04. The first-order valence-corrected chi connectivity index (χ1v) is 7.94. The molecule has 0 atom stereocenters. The number of hydrogen-bond donors (Lipinski definition) is 1. The molecule has 1 rings (SSSR count). The highest BCUT2D eigenvalue weighted by Crippen LogP contribution is 2.31. The van der Waals surface area contributed by atoms with Crippen molar-refractivity contribution in [3.8, 4) is 0 Å². The van der Waals surface area contributed by atoms with Crippen LogP contribution in [0.1, 0.15) is 24.2 Å². The van der Waals surface area contributed by atoms with Crippen molar-refractivity contribution in [1.29, 1.82) is 0 Å². The average molecular weight is 401 g/mol. The van der Waals surface area contributed by atoms with Gasteiger partial charge in [-0.1, -0.05) is 0 Å². The highest BCUT2D eigenvalue weighted by Gasteiger charge is 2.15. The summed E-state index contributed by atoms with van der Waals surface area (Å²) in [7, 11) is 0. The number of thiophene rings is 1. The number of halogens is 2. The minimum absolute atomic E-state index is 0.145. The highest BCUT2D eigenvalue weighted by atomic mass is 79.9. The normalized spacial score (nSPS) is 10.9. The zero-order chi connectivity index (χ0) is 13.5. The summed E-state index contributed by atoms with van der Waals surface area (Å²) in [5, 5.41) is 2.79. The first kappa shape index (κ1) is 16.1. The lowest BCUT2D eigenvalue weighted by Gasteiger charge is -2.17. The van der Waals surface area contributed by atoms with Gasteiger partial charge in [0.1, 0.15) is 0 Å². The molecule has 0 aliphatic carbocycles. The van der Waals surface area contributed by atoms with E-state index in [9.17, 15) is 4.79 Å². The maximum absolute atomic E-state index is 11.9. The van der Waals surface area contributed by atoms with Crippen LogP contribution in [0.15, 0.2) is 13.6 Å². The van der Waals surface area contributed by atoms with E-state index >= 15 is 0 Å². The lowest BCUT2D eigenvalue weighted by Crippen LogP contribution is -2.35. The van der Waals surface area contributed by atoms with Crippen molar-refractivity contribution in [1.82, 2.24) is 5.32 Å². The fourth-order valence-electron chi connectivity index (χ4n) is 1.30. The highest BCUT2D eigenvalue weighted by molar-refractivity contribution is 9.12. The Bertz CT molecular complexity index is 392. The Morgan fingerprint density at radius 1 is 1.39 bits per heavy atom. The van der Waals surface area contributed by atoms with Gasteiger partial charge in [0.05, 0.1) is 19.7 Å². The molecule has 1 aromatic rings. The SMILES string of the molecule is CCOC(CNC(=O)c1cc(Br)sc1Br)OCC. The third-order valence-corrected chi connectivity index (χ3v) is 4.38. The Morgan fingerprint density at radius 2 is 2.00 bits per heavy atom. The van der Waals surface area contributed by atoms with Gasteiger partial charge in [-0.2, -0.15) is 0 Å². The number of rotatable bonds is 7. The van der Waals surface area contributed by atoms with Crippen LogP contribution >= 0.6 is 43.2 Å². The summed E-state index contributed by atoms with van der Waals surface area (Å²) in [5.74, 6) is -0.145. The molecule has 0 radical (unpaired) electrons. The summed E-state index contributed by atoms with van der Waals surface area (Å²) in [5.41, 5.74) is 0.610. The molecule has 102 valence electrons. The molecule has 0 aromatic carbocycles. The summed E-state index contributed by atoms with van der Waals surface area (Å²) in [6.07, 6.45) is -0.398. The van der Waals surface area contributed by atoms with Crippen LogP contribution in [0, 0.1) is 0 Å². The molecule has 1 aromatic heterocycles. The molecule has 1 heterocycles. The minimum atomic E-state index is -0.398. The van der Waals surface area contributed by atoms with Crippen LogP contribution in [0.4, 0.5) is 0 Å². The maximum Gasteiger partial charge on any atom is 0.253 e. The Kier molecular flexibility index (Phi) is 7.40. The first-order valence-electron chi connectivity index (χ1n) is 5.54. The molecule has 0 spiro atoms. The summed E-state index contributed by atoms with van der Waals surface area (Å²) in [6.45, 7) is 5.21. The van der Waals surface area contributed by atoms with E-state index in [-0.39, 0.29) is 5.91 Å². The molecule has 0 aliphatic rings. The lowest BCUT2D eigenvalue weighted by atomic mass is 10.3. The van der Waals surface area contributed by atoms with Crippen molar-refractivity contribution in [3.63, 3.8) is 0 Å². The predicted octanol–water partition coefficient (Wildman–Crippen LogP) is 3.40. The quantitative estimate of drug-likeness (QED) is 0.713. The van der Waals surface area contributed by atoms with E-state index in [4.69, 9.17) is 9.47 Å². The molecule has 0 unspecified atom stereocenters. The molecule has 0 saturated carbocycles. The second-order valence-electron chi connectivity index (χ2n) is 3.29. The van der Waals surface area contributed by atoms with E-state index in [2.05, 4.69) is 37.2 Å². The van der Waals surface area contributed by atoms with Crippen molar-refractivity contribution in [3.05, 3.63) is 19.2 Å². The van der Waals surface area contributed by atoms with Crippen molar-refractivity contribution in [2.24, 2.45) is 0 Å². The molecule has 4 nitrogen and oxygen atoms in total. The standard InChI is InChI=1S/C11H15Br2NO3S/c1-3-16-9(17-4-2)6-14-11(15)7-5-8(12)18-10(7)13/h5,9H,3-4,6H2,1-2H3,(H,14,15). The minimum Gasteiger partial charge on any atom is -0.351 e. The van der Waals surface area contributed by atoms with Gasteiger partial charge in [0.2, 0.25) is 0 Å². The van der Waals surface area contributed by atoms with E-state index < -0.39 is 6.29 Å². The van der Waals surface area contributed by atoms with Crippen molar-refractivity contribution in [2.75, 3.05) is 19.8 Å². The number of nitrogens with one attached hydrogen (secondary N) is 1. The Hall–Kier alpha value is 0.0500. The second-order valence-corrected chi connectivity index (χ2v) is 7.04. The van der Waals surface area contributed by atoms with E-state index in [1.165, 1.54) is 11.3 Å². The molecule has 1 amide bonds. The Labute approximate surface area is 127 Å². The zero-order valence-electron chi connectivity index (χ0n) is 10.2. The van der Waals surface area contributed by atoms with E-state index in [1.54, 1.807) is 6.07 Å². The summed E-state index contributed by atoms with van der Waals surface area (Å²) in [6, 6.07) is 1.78. The summed E-state index contributed by atoms with van der Waals surface area (Å²) in [4.78, 5) is 11.9. The molecular formula is C11H15Br2NO3S. The predicted molar refractivity (Wildman–Crippen MR) is 79.1 cm³/mol. The molecule has 18 heavy (non-hydrogen) atoms. The van der Waals surface area contributed by atoms with Gasteiger partial charge in [-0.25, -0.2) is 0 Å². The van der Waals surface area contributed by atoms with E-state index in [0.717, 1.165) is 7.57 Å². The molecule has 0 bridgehead atoms. The Balaban J connectivity index is 2.51. The first-order chi connectivity index (χ1) is 8.58. The van der Waals surface area contributed by atoms with Crippen LogP contribution in [0.2, 0.25) is 0 Å². The monoisotopic (exact) mass is 399 g/mol. The molecule has 0 fully saturated rings. The van der Waals surface area contributed by atoms with E-state index in [1.807, 2.05) is 13.8 Å². The Morgan fingerprint density at radius 3 is 2.44 bits per heavy atom. The van der Waals surface area contributed by atoms with Crippen molar-refractivity contribution >= 4 is 49.1 Å². The van der Waals surface area contributed by atoms with Gasteiger partial charge >= 0.3 is 0 Å². The molecular weight excluding hydrogens is 386 g/mol. The molecule has 7 heteroatoms. The van der Waals surface area contributed by atoms with Crippen molar-refractivity contribution in [2.45, 2.75) is 20.1 Å². The average Bonchev–Trinajstić information content (AvgIpc) is 2.65. The zero-order valence-corrected chi connectivity index (χ0v) is 14.2. The fourth-order valence-corrected chi connectivity index (χ4v) is 4.10. The summed E-state index contributed by atoms with van der Waals surface area (Å²) >= 11 is 8.15. The van der Waals surface area contributed by atoms with Crippen LogP contribution in [-0.4, -0.2) is 32.0 Å². The lowest BCUT2D eigenvalue weighted by molar-refractivity contribution is -0.131. The number of carbonyl (C=O) groups excluding carboxylic acids is 1. The largest absolute Gasteiger partial charge is 0.351 e. The van der Waals surface area contributed by atoms with Gasteiger partial charge in [-0.3, -0.25) is 4.79 Å². The fraction of sp³-hybridized carbons (Fsp3) is 0.545. The van der Waals surface area contributed by atoms with Crippen molar-refractivity contribution < 1.29 is 14.3 Å². The number of carbonyl (C=O) groups is 1. The van der Waals surface area contributed by atoms with Gasteiger partial charge in [0, 0.05) is 13.2 Å². The van der Waals surface area contributed by atoms with Crippen LogP contribution in [0.25, 0.3) is 0 Å². The molecule has 0 aliphatic heterocycles. The summed E-state index contributed by atoms with van der Waals surface area (Å²) < 4.78 is 12.4. The van der Waals surface area contributed by atoms with Crippen LogP contribution in [0.5, 0.6) is 0 Å².